The summed E-state index contributed by atoms with van der Waals surface area (Å²) in [7, 11) is 0. The van der Waals surface area contributed by atoms with Gasteiger partial charge < -0.3 is 19.8 Å². The Balaban J connectivity index is 1.83. The van der Waals surface area contributed by atoms with Gasteiger partial charge in [-0.3, -0.25) is 0 Å². The van der Waals surface area contributed by atoms with Crippen LogP contribution in [0.5, 0.6) is 5.75 Å². The summed E-state index contributed by atoms with van der Waals surface area (Å²) in [4.78, 5) is 4.99. The Bertz CT molecular complexity index is 516. The lowest BCUT2D eigenvalue weighted by atomic mass is 10.1. The van der Waals surface area contributed by atoms with Gasteiger partial charge in [0.25, 0.3) is 0 Å². The third-order valence-electron chi connectivity index (χ3n) is 3.16. The molecule has 0 saturated carbocycles. The first-order valence-corrected chi connectivity index (χ1v) is 6.71. The molecule has 2 unspecified atom stereocenters. The maximum Gasteiger partial charge on any atom is 0.414 e. The van der Waals surface area contributed by atoms with Crippen molar-refractivity contribution >= 4 is 5.71 Å². The fraction of sp³-hybridized carbons (Fsp3) is 0.500. The lowest BCUT2D eigenvalue weighted by Crippen LogP contribution is -2.30. The summed E-state index contributed by atoms with van der Waals surface area (Å²) in [5, 5.41) is 21.7. The molecule has 1 heterocycles. The van der Waals surface area contributed by atoms with Gasteiger partial charge in [-0.25, -0.2) is 0 Å². The normalized spacial score (nSPS) is 19.5. The van der Waals surface area contributed by atoms with E-state index in [0.29, 0.717) is 17.9 Å². The zero-order chi connectivity index (χ0) is 16.2. The Kier molecular flexibility index (Phi) is 5.25. The van der Waals surface area contributed by atoms with E-state index in [-0.39, 0.29) is 19.3 Å². The molecule has 0 radical (unpaired) electrons. The highest BCUT2D eigenvalue weighted by atomic mass is 19.4. The number of benzene rings is 1. The van der Waals surface area contributed by atoms with E-state index < -0.39 is 18.7 Å². The monoisotopic (exact) mass is 319 g/mol. The van der Waals surface area contributed by atoms with Crippen molar-refractivity contribution < 1.29 is 33.0 Å². The number of oxime groups is 1. The second-order valence-electron chi connectivity index (χ2n) is 4.87. The molecule has 22 heavy (non-hydrogen) atoms. The fourth-order valence-electron chi connectivity index (χ4n) is 1.89. The van der Waals surface area contributed by atoms with Gasteiger partial charge in [0.15, 0.2) is 12.2 Å². The second-order valence-corrected chi connectivity index (χ2v) is 4.87. The molecule has 5 nitrogen and oxygen atoms in total. The Labute approximate surface area is 125 Å². The summed E-state index contributed by atoms with van der Waals surface area (Å²) >= 11 is 0. The van der Waals surface area contributed by atoms with Gasteiger partial charge in [0, 0.05) is 12.8 Å². The number of ether oxygens (including phenoxy) is 1. The van der Waals surface area contributed by atoms with E-state index in [2.05, 4.69) is 5.16 Å². The lowest BCUT2D eigenvalue weighted by molar-refractivity contribution is -0.206. The second kappa shape index (κ2) is 6.97. The predicted octanol–water partition coefficient (Wildman–Crippen LogP) is 1.86. The quantitative estimate of drug-likeness (QED) is 0.840. The van der Waals surface area contributed by atoms with Crippen LogP contribution in [-0.2, 0) is 4.84 Å². The number of aliphatic hydroxyl groups is 2. The zero-order valence-electron chi connectivity index (χ0n) is 11.6. The minimum Gasteiger partial charge on any atom is -0.493 e. The molecule has 0 bridgehead atoms. The van der Waals surface area contributed by atoms with E-state index in [1.165, 1.54) is 0 Å². The van der Waals surface area contributed by atoms with Gasteiger partial charge in [-0.05, 0) is 29.8 Å². The fourth-order valence-corrected chi connectivity index (χ4v) is 1.89. The Morgan fingerprint density at radius 1 is 1.32 bits per heavy atom. The first-order valence-electron chi connectivity index (χ1n) is 6.71. The molecule has 1 aliphatic rings. The van der Waals surface area contributed by atoms with Crippen molar-refractivity contribution in [1.82, 2.24) is 0 Å². The Morgan fingerprint density at radius 2 is 2.00 bits per heavy atom. The number of nitrogens with zero attached hydrogens (tertiary/aromatic N) is 1. The maximum atomic E-state index is 12.1. The van der Waals surface area contributed by atoms with Crippen molar-refractivity contribution in [2.75, 3.05) is 13.2 Å². The number of halogens is 3. The van der Waals surface area contributed by atoms with E-state index in [0.717, 1.165) is 5.56 Å². The molecule has 2 N–H and O–H groups in total. The molecular formula is C14H16F3NO4. The molecule has 2 atom stereocenters. The van der Waals surface area contributed by atoms with Crippen LogP contribution in [-0.4, -0.2) is 47.5 Å². The van der Waals surface area contributed by atoms with Gasteiger partial charge >= 0.3 is 6.18 Å². The summed E-state index contributed by atoms with van der Waals surface area (Å²) < 4.78 is 41.5. The first kappa shape index (κ1) is 16.6. The van der Waals surface area contributed by atoms with Crippen LogP contribution in [0.25, 0.3) is 0 Å². The SMILES string of the molecule is OCC1CC(c2ccc(OCCC(O)C(F)(F)F)cc2)=NO1. The average molecular weight is 319 g/mol. The molecule has 1 aliphatic heterocycles. The highest BCUT2D eigenvalue weighted by Gasteiger charge is 2.37. The number of aliphatic hydroxyl groups excluding tert-OH is 2. The van der Waals surface area contributed by atoms with Crippen molar-refractivity contribution in [3.8, 4) is 5.75 Å². The first-order chi connectivity index (χ1) is 10.4. The molecule has 0 amide bonds. The van der Waals surface area contributed by atoms with Crippen LogP contribution in [0.1, 0.15) is 18.4 Å². The smallest absolute Gasteiger partial charge is 0.414 e. The van der Waals surface area contributed by atoms with Crippen LogP contribution < -0.4 is 4.74 Å². The molecule has 0 fully saturated rings. The van der Waals surface area contributed by atoms with Crippen molar-refractivity contribution in [2.45, 2.75) is 31.2 Å². The van der Waals surface area contributed by atoms with E-state index in [1.54, 1.807) is 24.3 Å². The third-order valence-corrected chi connectivity index (χ3v) is 3.16. The van der Waals surface area contributed by atoms with Crippen LogP contribution in [0.2, 0.25) is 0 Å². The minimum absolute atomic E-state index is 0.115. The van der Waals surface area contributed by atoms with Crippen molar-refractivity contribution in [3.05, 3.63) is 29.8 Å². The van der Waals surface area contributed by atoms with E-state index in [9.17, 15) is 13.2 Å². The van der Waals surface area contributed by atoms with Crippen LogP contribution in [0.3, 0.4) is 0 Å². The van der Waals surface area contributed by atoms with Gasteiger partial charge in [-0.1, -0.05) is 5.16 Å². The van der Waals surface area contributed by atoms with Crippen LogP contribution in [0.15, 0.2) is 29.4 Å². The Morgan fingerprint density at radius 3 is 2.55 bits per heavy atom. The summed E-state index contributed by atoms with van der Waals surface area (Å²) in [5.41, 5.74) is 1.48. The van der Waals surface area contributed by atoms with Crippen LogP contribution >= 0.6 is 0 Å². The number of hydrogen-bond donors (Lipinski definition) is 2. The number of hydrogen-bond acceptors (Lipinski definition) is 5. The molecule has 0 aliphatic carbocycles. The molecular weight excluding hydrogens is 303 g/mol. The summed E-state index contributed by atoms with van der Waals surface area (Å²) in [6, 6.07) is 6.61. The van der Waals surface area contributed by atoms with Gasteiger partial charge in [0.05, 0.1) is 18.9 Å². The van der Waals surface area contributed by atoms with Gasteiger partial charge in [0.2, 0.25) is 0 Å². The number of rotatable bonds is 6. The van der Waals surface area contributed by atoms with Crippen LogP contribution in [0, 0.1) is 0 Å². The third kappa shape index (κ3) is 4.35. The molecule has 0 aromatic heterocycles. The minimum atomic E-state index is -4.63. The molecule has 1 aromatic carbocycles. The molecule has 122 valence electrons. The van der Waals surface area contributed by atoms with Crippen molar-refractivity contribution in [1.29, 1.82) is 0 Å². The molecule has 2 rings (SSSR count). The maximum absolute atomic E-state index is 12.1. The highest BCUT2D eigenvalue weighted by Crippen LogP contribution is 2.23. The Hall–Kier alpha value is -1.80. The molecule has 8 heteroatoms. The number of alkyl halides is 3. The molecule has 1 aromatic rings. The van der Waals surface area contributed by atoms with E-state index >= 15 is 0 Å². The lowest BCUT2D eigenvalue weighted by Gasteiger charge is -2.14. The average Bonchev–Trinajstić information content (AvgIpc) is 2.96. The van der Waals surface area contributed by atoms with Crippen molar-refractivity contribution in [3.63, 3.8) is 0 Å². The molecule has 0 saturated heterocycles. The standard InChI is InChI=1S/C14H16F3NO4/c15-14(16,17)13(20)5-6-21-10-3-1-9(2-4-10)12-7-11(8-19)22-18-12/h1-4,11,13,19-20H,5-8H2. The largest absolute Gasteiger partial charge is 0.493 e. The summed E-state index contributed by atoms with van der Waals surface area (Å²) in [6.07, 6.45) is -7.38. The predicted molar refractivity (Wildman–Crippen MR) is 71.7 cm³/mol. The van der Waals surface area contributed by atoms with Gasteiger partial charge in [0.1, 0.15) is 5.75 Å². The van der Waals surface area contributed by atoms with Crippen LogP contribution in [0.4, 0.5) is 13.2 Å². The topological polar surface area (TPSA) is 71.3 Å². The summed E-state index contributed by atoms with van der Waals surface area (Å²) in [6.45, 7) is -0.355. The van der Waals surface area contributed by atoms with E-state index in [4.69, 9.17) is 19.8 Å². The van der Waals surface area contributed by atoms with E-state index in [1.807, 2.05) is 0 Å². The van der Waals surface area contributed by atoms with Gasteiger partial charge in [-0.15, -0.1) is 0 Å². The van der Waals surface area contributed by atoms with Gasteiger partial charge in [-0.2, -0.15) is 13.2 Å². The molecule has 0 spiro atoms. The summed E-state index contributed by atoms with van der Waals surface area (Å²) in [5.74, 6) is 0.399. The van der Waals surface area contributed by atoms with Crippen molar-refractivity contribution in [2.24, 2.45) is 5.16 Å². The zero-order valence-corrected chi connectivity index (χ0v) is 11.6. The highest BCUT2D eigenvalue weighted by molar-refractivity contribution is 6.01.